The van der Waals surface area contributed by atoms with Gasteiger partial charge in [0.2, 0.25) is 0 Å². The van der Waals surface area contributed by atoms with Gasteiger partial charge in [0.1, 0.15) is 0 Å². The van der Waals surface area contributed by atoms with Crippen LogP contribution >= 0.6 is 0 Å². The lowest BCUT2D eigenvalue weighted by Gasteiger charge is -2.26. The highest BCUT2D eigenvalue weighted by atomic mass is 16.5. The molecule has 0 aliphatic heterocycles. The molecule has 0 unspecified atom stereocenters. The third-order valence-corrected chi connectivity index (χ3v) is 5.24. The van der Waals surface area contributed by atoms with Gasteiger partial charge in [0.05, 0.1) is 18.8 Å². The molecular formula is C17H20O2. The fraction of sp³-hybridized carbons (Fsp3) is 0.529. The lowest BCUT2D eigenvalue weighted by atomic mass is 9.84. The van der Waals surface area contributed by atoms with E-state index in [0.717, 1.165) is 6.42 Å². The van der Waals surface area contributed by atoms with Gasteiger partial charge in [-0.2, -0.15) is 0 Å². The molecule has 2 fully saturated rings. The first-order valence-corrected chi connectivity index (χ1v) is 7.35. The van der Waals surface area contributed by atoms with Gasteiger partial charge >= 0.3 is 0 Å². The number of hydrogen-bond donors (Lipinski definition) is 1. The third-order valence-electron chi connectivity index (χ3n) is 5.24. The first-order valence-electron chi connectivity index (χ1n) is 7.35. The molecule has 1 aromatic rings. The van der Waals surface area contributed by atoms with E-state index in [-0.39, 0.29) is 12.2 Å². The summed E-state index contributed by atoms with van der Waals surface area (Å²) in [5, 5.41) is 10.3. The van der Waals surface area contributed by atoms with E-state index in [9.17, 15) is 5.11 Å². The maximum absolute atomic E-state index is 10.3. The molecule has 2 nitrogen and oxygen atoms in total. The second-order valence-electron chi connectivity index (χ2n) is 6.24. The van der Waals surface area contributed by atoms with Gasteiger partial charge in [-0.3, -0.25) is 0 Å². The van der Waals surface area contributed by atoms with Crippen LogP contribution in [0.25, 0.3) is 0 Å². The van der Waals surface area contributed by atoms with Crippen molar-refractivity contribution in [1.29, 1.82) is 0 Å². The van der Waals surface area contributed by atoms with Gasteiger partial charge in [-0.05, 0) is 35.7 Å². The van der Waals surface area contributed by atoms with Gasteiger partial charge < -0.3 is 9.84 Å². The Bertz CT molecular complexity index is 481. The maximum atomic E-state index is 10.3. The summed E-state index contributed by atoms with van der Waals surface area (Å²) in [6.45, 7) is 0.669. The summed E-state index contributed by atoms with van der Waals surface area (Å²) >= 11 is 0. The van der Waals surface area contributed by atoms with Crippen molar-refractivity contribution in [3.63, 3.8) is 0 Å². The summed E-state index contributed by atoms with van der Waals surface area (Å²) < 4.78 is 6.13. The van der Waals surface area contributed by atoms with Gasteiger partial charge in [0, 0.05) is 6.42 Å². The highest BCUT2D eigenvalue weighted by Gasteiger charge is 2.55. The van der Waals surface area contributed by atoms with Gasteiger partial charge in [-0.15, -0.1) is 0 Å². The molecule has 3 aliphatic rings. The van der Waals surface area contributed by atoms with Crippen molar-refractivity contribution in [1.82, 2.24) is 0 Å². The maximum Gasteiger partial charge on any atom is 0.0720 e. The second-order valence-corrected chi connectivity index (χ2v) is 6.24. The zero-order valence-electron chi connectivity index (χ0n) is 11.0. The van der Waals surface area contributed by atoms with E-state index in [0.29, 0.717) is 30.3 Å². The molecule has 1 aromatic carbocycles. The molecule has 2 saturated carbocycles. The van der Waals surface area contributed by atoms with E-state index >= 15 is 0 Å². The van der Waals surface area contributed by atoms with Crippen molar-refractivity contribution in [2.75, 3.05) is 0 Å². The lowest BCUT2D eigenvalue weighted by Crippen LogP contribution is -2.27. The Morgan fingerprint density at radius 2 is 1.74 bits per heavy atom. The van der Waals surface area contributed by atoms with Crippen molar-refractivity contribution < 1.29 is 9.84 Å². The van der Waals surface area contributed by atoms with Gasteiger partial charge in [0.25, 0.3) is 0 Å². The average molecular weight is 256 g/mol. The Morgan fingerprint density at radius 3 is 2.53 bits per heavy atom. The number of aliphatic hydroxyl groups excluding tert-OH is 1. The Morgan fingerprint density at radius 1 is 1.00 bits per heavy atom. The van der Waals surface area contributed by atoms with Crippen LogP contribution in [0.2, 0.25) is 0 Å². The molecule has 0 aromatic heterocycles. The van der Waals surface area contributed by atoms with Gasteiger partial charge in [-0.25, -0.2) is 0 Å². The molecular weight excluding hydrogens is 236 g/mol. The summed E-state index contributed by atoms with van der Waals surface area (Å²) in [6, 6.07) is 10.3. The molecule has 0 spiro atoms. The predicted octanol–water partition coefficient (Wildman–Crippen LogP) is 2.77. The Labute approximate surface area is 114 Å². The molecule has 19 heavy (non-hydrogen) atoms. The molecule has 1 N–H and O–H groups in total. The van der Waals surface area contributed by atoms with Crippen molar-refractivity contribution in [3.8, 4) is 0 Å². The van der Waals surface area contributed by atoms with E-state index in [1.54, 1.807) is 0 Å². The summed E-state index contributed by atoms with van der Waals surface area (Å²) in [5.74, 6) is 2.26. The van der Waals surface area contributed by atoms with Crippen molar-refractivity contribution in [2.45, 2.75) is 31.7 Å². The van der Waals surface area contributed by atoms with Gasteiger partial charge in [0.15, 0.2) is 0 Å². The monoisotopic (exact) mass is 256 g/mol. The first kappa shape index (κ1) is 11.7. The van der Waals surface area contributed by atoms with Crippen LogP contribution in [0.3, 0.4) is 0 Å². The molecule has 2 bridgehead atoms. The number of allylic oxidation sites excluding steroid dienone is 2. The minimum Gasteiger partial charge on any atom is -0.393 e. The number of rotatable bonds is 3. The van der Waals surface area contributed by atoms with Crippen molar-refractivity contribution in [3.05, 3.63) is 48.0 Å². The minimum atomic E-state index is -0.161. The molecule has 2 heteroatoms. The second kappa shape index (κ2) is 4.46. The van der Waals surface area contributed by atoms with Crippen LogP contribution in [0.15, 0.2) is 42.5 Å². The Hall–Kier alpha value is -1.12. The van der Waals surface area contributed by atoms with Crippen LogP contribution in [-0.4, -0.2) is 17.3 Å². The molecule has 0 radical (unpaired) electrons. The standard InChI is InChI=1S/C17H20O2/c18-14-9-15(19-10-11-4-2-1-3-5-11)17-13-7-6-12(8-13)16(14)17/h1-7,12-18H,8-10H2/t12-,13+,14+,15+,16+,17-/m1/s1. The van der Waals surface area contributed by atoms with Crippen LogP contribution in [0, 0.1) is 23.7 Å². The number of benzene rings is 1. The number of ether oxygens (including phenoxy) is 1. The summed E-state index contributed by atoms with van der Waals surface area (Å²) in [4.78, 5) is 0. The molecule has 3 aliphatic carbocycles. The Kier molecular flexibility index (Phi) is 2.75. The van der Waals surface area contributed by atoms with Crippen LogP contribution in [-0.2, 0) is 11.3 Å². The third kappa shape index (κ3) is 1.86. The van der Waals surface area contributed by atoms with Crippen LogP contribution < -0.4 is 0 Å². The van der Waals surface area contributed by atoms with Crippen LogP contribution in [0.1, 0.15) is 18.4 Å². The SMILES string of the molecule is O[C@H]1C[C@H](OCc2ccccc2)[C@@H]2[C@H]1[C@@H]1C=C[C@H]2C1. The largest absolute Gasteiger partial charge is 0.393 e. The van der Waals surface area contributed by atoms with Crippen molar-refractivity contribution >= 4 is 0 Å². The fourth-order valence-electron chi connectivity index (χ4n) is 4.47. The smallest absolute Gasteiger partial charge is 0.0720 e. The van der Waals surface area contributed by atoms with Crippen LogP contribution in [0.4, 0.5) is 0 Å². The number of hydrogen-bond acceptors (Lipinski definition) is 2. The molecule has 100 valence electrons. The summed E-state index contributed by atoms with van der Waals surface area (Å²) in [7, 11) is 0. The summed E-state index contributed by atoms with van der Waals surface area (Å²) in [6.07, 6.45) is 6.79. The molecule has 4 rings (SSSR count). The topological polar surface area (TPSA) is 29.5 Å². The zero-order valence-corrected chi connectivity index (χ0v) is 11.0. The van der Waals surface area contributed by atoms with E-state index in [2.05, 4.69) is 24.3 Å². The van der Waals surface area contributed by atoms with E-state index in [1.165, 1.54) is 12.0 Å². The lowest BCUT2D eigenvalue weighted by molar-refractivity contribution is 0.00252. The van der Waals surface area contributed by atoms with E-state index in [4.69, 9.17) is 4.74 Å². The first-order chi connectivity index (χ1) is 9.33. The fourth-order valence-corrected chi connectivity index (χ4v) is 4.47. The minimum absolute atomic E-state index is 0.161. The van der Waals surface area contributed by atoms with Gasteiger partial charge in [-0.1, -0.05) is 42.5 Å². The Balaban J connectivity index is 1.46. The van der Waals surface area contributed by atoms with E-state index < -0.39 is 0 Å². The predicted molar refractivity (Wildman–Crippen MR) is 73.4 cm³/mol. The molecule has 0 amide bonds. The quantitative estimate of drug-likeness (QED) is 0.843. The number of aliphatic hydroxyl groups is 1. The molecule has 0 heterocycles. The number of fused-ring (bicyclic) bond motifs is 5. The normalized spacial score (nSPS) is 42.8. The highest BCUT2D eigenvalue weighted by Crippen LogP contribution is 2.56. The average Bonchev–Trinajstić information content (AvgIpc) is 3.11. The zero-order chi connectivity index (χ0) is 12.8. The summed E-state index contributed by atoms with van der Waals surface area (Å²) in [5.41, 5.74) is 1.22. The van der Waals surface area contributed by atoms with E-state index in [1.807, 2.05) is 18.2 Å². The highest BCUT2D eigenvalue weighted by molar-refractivity contribution is 5.19. The van der Waals surface area contributed by atoms with Crippen molar-refractivity contribution in [2.24, 2.45) is 23.7 Å². The molecule has 0 saturated heterocycles. The molecule has 6 atom stereocenters. The van der Waals surface area contributed by atoms with Crippen LogP contribution in [0.5, 0.6) is 0 Å².